The highest BCUT2D eigenvalue weighted by molar-refractivity contribution is 6.21. The zero-order valence-corrected chi connectivity index (χ0v) is 26.0. The van der Waals surface area contributed by atoms with Crippen molar-refractivity contribution in [2.45, 2.75) is 102 Å². The van der Waals surface area contributed by atoms with E-state index in [4.69, 9.17) is 25.4 Å². The SMILES string of the molecule is CO.NC1CCCCC1O.O=C(NC1CCCCC1O)OCc1ccccc1.O=C1CCC(=O)C1C(=O)OCc1ccccc1. The lowest BCUT2D eigenvalue weighted by atomic mass is 9.93. The topological polar surface area (TPSA) is 185 Å². The lowest BCUT2D eigenvalue weighted by Crippen LogP contribution is -2.45. The number of carbonyl (C=O) groups excluding carboxylic acids is 4. The first-order valence-electron chi connectivity index (χ1n) is 15.5. The van der Waals surface area contributed by atoms with Gasteiger partial charge in [0.1, 0.15) is 13.2 Å². The number of ether oxygens (including phenoxy) is 2. The Kier molecular flexibility index (Phi) is 17.7. The van der Waals surface area contributed by atoms with E-state index in [-0.39, 0.29) is 55.8 Å². The number of aliphatic hydroxyl groups excluding tert-OH is 3. The van der Waals surface area contributed by atoms with Crippen LogP contribution in [0.25, 0.3) is 0 Å². The fourth-order valence-electron chi connectivity index (χ4n) is 5.13. The third-order valence-electron chi connectivity index (χ3n) is 7.75. The van der Waals surface area contributed by atoms with Crippen molar-refractivity contribution in [3.05, 3.63) is 71.8 Å². The Morgan fingerprint density at radius 2 is 1.20 bits per heavy atom. The molecule has 3 aliphatic rings. The molecule has 0 saturated heterocycles. The maximum Gasteiger partial charge on any atom is 0.407 e. The molecule has 1 amide bonds. The third kappa shape index (κ3) is 13.9. The number of Topliss-reactive ketones (excluding diaryl/α,β-unsaturated/α-hetero) is 2. The predicted molar refractivity (Wildman–Crippen MR) is 168 cm³/mol. The fraction of sp³-hybridized carbons (Fsp3) is 0.529. The van der Waals surface area contributed by atoms with Crippen LogP contribution in [0, 0.1) is 5.92 Å². The molecule has 0 aliphatic heterocycles. The van der Waals surface area contributed by atoms with Gasteiger partial charge in [-0.3, -0.25) is 14.4 Å². The average Bonchev–Trinajstić information content (AvgIpc) is 3.41. The van der Waals surface area contributed by atoms with Gasteiger partial charge in [-0.1, -0.05) is 86.3 Å². The van der Waals surface area contributed by atoms with Gasteiger partial charge in [-0.05, 0) is 36.8 Å². The molecule has 3 aliphatic carbocycles. The Morgan fingerprint density at radius 1 is 0.733 bits per heavy atom. The van der Waals surface area contributed by atoms with Gasteiger partial charge in [0.2, 0.25) is 0 Å². The number of ketones is 2. The van der Waals surface area contributed by atoms with E-state index in [1.165, 1.54) is 6.42 Å². The summed E-state index contributed by atoms with van der Waals surface area (Å²) in [5.41, 5.74) is 7.32. The molecule has 11 heteroatoms. The third-order valence-corrected chi connectivity index (χ3v) is 7.75. The second-order valence-corrected chi connectivity index (χ2v) is 11.1. The maximum absolute atomic E-state index is 11.6. The summed E-state index contributed by atoms with van der Waals surface area (Å²) >= 11 is 0. The minimum Gasteiger partial charge on any atom is -0.460 e. The summed E-state index contributed by atoms with van der Waals surface area (Å²) in [5.74, 6) is -2.55. The van der Waals surface area contributed by atoms with Crippen molar-refractivity contribution in [3.8, 4) is 0 Å². The monoisotopic (exact) mass is 628 g/mol. The van der Waals surface area contributed by atoms with Gasteiger partial charge in [-0.15, -0.1) is 0 Å². The molecule has 2 aromatic carbocycles. The molecular weight excluding hydrogens is 580 g/mol. The summed E-state index contributed by atoms with van der Waals surface area (Å²) in [5, 5.41) is 28.5. The molecule has 0 heterocycles. The maximum atomic E-state index is 11.6. The number of carbonyl (C=O) groups is 4. The first-order chi connectivity index (χ1) is 21.7. The van der Waals surface area contributed by atoms with Gasteiger partial charge in [-0.2, -0.15) is 0 Å². The lowest BCUT2D eigenvalue weighted by molar-refractivity contribution is -0.154. The molecule has 0 aromatic heterocycles. The summed E-state index contributed by atoms with van der Waals surface area (Å²) in [6.07, 6.45) is 7.09. The molecular formula is C34H48N2O9. The minimum atomic E-state index is -1.18. The van der Waals surface area contributed by atoms with Gasteiger partial charge in [0.05, 0.1) is 18.2 Å². The zero-order chi connectivity index (χ0) is 33.0. The number of hydrogen-bond acceptors (Lipinski definition) is 10. The number of alkyl carbamates (subject to hydrolysis) is 1. The predicted octanol–water partition coefficient (Wildman–Crippen LogP) is 3.35. The van der Waals surface area contributed by atoms with Crippen molar-refractivity contribution in [1.82, 2.24) is 5.32 Å². The second-order valence-electron chi connectivity index (χ2n) is 11.1. The quantitative estimate of drug-likeness (QED) is 0.235. The Hall–Kier alpha value is -3.64. The Morgan fingerprint density at radius 3 is 1.67 bits per heavy atom. The van der Waals surface area contributed by atoms with Crippen molar-refractivity contribution >= 4 is 23.6 Å². The number of nitrogens with two attached hydrogens (primary N) is 1. The summed E-state index contributed by atoms with van der Waals surface area (Å²) in [6.45, 7) is 0.353. The average molecular weight is 629 g/mol. The highest BCUT2D eigenvalue weighted by Crippen LogP contribution is 2.20. The highest BCUT2D eigenvalue weighted by atomic mass is 16.5. The van der Waals surface area contributed by atoms with Crippen LogP contribution in [0.4, 0.5) is 4.79 Å². The van der Waals surface area contributed by atoms with Crippen molar-refractivity contribution in [1.29, 1.82) is 0 Å². The van der Waals surface area contributed by atoms with Gasteiger partial charge in [-0.25, -0.2) is 4.79 Å². The van der Waals surface area contributed by atoms with Gasteiger partial charge < -0.3 is 35.8 Å². The van der Waals surface area contributed by atoms with Crippen LogP contribution in [0.15, 0.2) is 60.7 Å². The molecule has 3 saturated carbocycles. The number of nitrogens with one attached hydrogen (secondary N) is 1. The van der Waals surface area contributed by atoms with E-state index in [1.807, 2.05) is 60.7 Å². The number of rotatable bonds is 6. The van der Waals surface area contributed by atoms with Crippen LogP contribution in [0.1, 0.15) is 75.3 Å². The molecule has 4 atom stereocenters. The van der Waals surface area contributed by atoms with Crippen LogP contribution in [0.5, 0.6) is 0 Å². The van der Waals surface area contributed by atoms with Gasteiger partial charge >= 0.3 is 12.1 Å². The Balaban J connectivity index is 0.000000243. The van der Waals surface area contributed by atoms with Crippen molar-refractivity contribution in [2.75, 3.05) is 7.11 Å². The molecule has 5 rings (SSSR count). The van der Waals surface area contributed by atoms with Crippen LogP contribution in [0.3, 0.4) is 0 Å². The standard InChI is InChI=1S/C14H19NO3.C13H12O4.C6H13NO.CH4O/c16-13-9-5-4-8-12(13)15-14(17)18-10-11-6-2-1-3-7-11;14-10-6-7-11(15)12(10)13(16)17-8-9-4-2-1-3-5-9;7-5-3-1-2-4-6(5)8;1-2/h1-3,6-7,12-13,16H,4-5,8-10H2,(H,15,17);1-5,12H,6-8H2;5-6,8H,1-4,7H2;2H,1H3. The lowest BCUT2D eigenvalue weighted by Gasteiger charge is -2.27. The van der Waals surface area contributed by atoms with Crippen LogP contribution < -0.4 is 11.1 Å². The molecule has 0 radical (unpaired) electrons. The molecule has 4 unspecified atom stereocenters. The molecule has 6 N–H and O–H groups in total. The number of hydrogen-bond donors (Lipinski definition) is 5. The van der Waals surface area contributed by atoms with Crippen molar-refractivity contribution < 1.29 is 44.0 Å². The summed E-state index contributed by atoms with van der Waals surface area (Å²) in [4.78, 5) is 45.8. The van der Waals surface area contributed by atoms with E-state index >= 15 is 0 Å². The van der Waals surface area contributed by atoms with E-state index in [1.54, 1.807) is 0 Å². The van der Waals surface area contributed by atoms with Crippen molar-refractivity contribution in [2.24, 2.45) is 11.7 Å². The number of benzene rings is 2. The first kappa shape index (κ1) is 37.5. The normalized spacial score (nSPS) is 22.7. The molecule has 11 nitrogen and oxygen atoms in total. The molecule has 0 spiro atoms. The number of esters is 1. The molecule has 3 fully saturated rings. The van der Waals surface area contributed by atoms with Crippen LogP contribution in [-0.4, -0.2) is 70.4 Å². The molecule has 2 aromatic rings. The molecule has 248 valence electrons. The first-order valence-corrected chi connectivity index (χ1v) is 15.5. The fourth-order valence-corrected chi connectivity index (χ4v) is 5.13. The second kappa shape index (κ2) is 21.2. The zero-order valence-electron chi connectivity index (χ0n) is 26.0. The van der Waals surface area contributed by atoms with Gasteiger partial charge in [0.25, 0.3) is 0 Å². The summed E-state index contributed by atoms with van der Waals surface area (Å²) in [6, 6.07) is 18.6. The van der Waals surface area contributed by atoms with E-state index in [2.05, 4.69) is 5.32 Å². The largest absolute Gasteiger partial charge is 0.460 e. The Labute approximate surface area is 265 Å². The summed E-state index contributed by atoms with van der Waals surface area (Å²) < 4.78 is 10.1. The molecule has 45 heavy (non-hydrogen) atoms. The van der Waals surface area contributed by atoms with Gasteiger partial charge in [0.15, 0.2) is 17.5 Å². The Bertz CT molecular complexity index is 1140. The van der Waals surface area contributed by atoms with E-state index in [0.29, 0.717) is 0 Å². The summed E-state index contributed by atoms with van der Waals surface area (Å²) in [7, 11) is 1.00. The minimum absolute atomic E-state index is 0.0590. The van der Waals surface area contributed by atoms with E-state index in [9.17, 15) is 24.3 Å². The van der Waals surface area contributed by atoms with Crippen LogP contribution in [-0.2, 0) is 37.1 Å². The molecule has 0 bridgehead atoms. The smallest absolute Gasteiger partial charge is 0.407 e. The number of aliphatic hydroxyl groups is 3. The van der Waals surface area contributed by atoms with E-state index in [0.717, 1.165) is 63.2 Å². The highest BCUT2D eigenvalue weighted by Gasteiger charge is 2.39. The van der Waals surface area contributed by atoms with E-state index < -0.39 is 24.1 Å². The van der Waals surface area contributed by atoms with Crippen molar-refractivity contribution in [3.63, 3.8) is 0 Å². The van der Waals surface area contributed by atoms with Crippen LogP contribution >= 0.6 is 0 Å². The van der Waals surface area contributed by atoms with Crippen LogP contribution in [0.2, 0.25) is 0 Å². The number of amides is 1. The van der Waals surface area contributed by atoms with Gasteiger partial charge in [0, 0.05) is 26.0 Å².